The first kappa shape index (κ1) is 18.5. The molecule has 0 aromatic carbocycles. The van der Waals surface area contributed by atoms with Crippen LogP contribution in [0.5, 0.6) is 0 Å². The van der Waals surface area contributed by atoms with E-state index in [1.54, 1.807) is 0 Å². The molecule has 0 saturated carbocycles. The summed E-state index contributed by atoms with van der Waals surface area (Å²) in [6.07, 6.45) is 5.67. The number of unbranched alkanes of at least 4 members (excludes halogenated alkanes) is 1. The number of carbonyl (C=O) groups excluding carboxylic acids is 1. The summed E-state index contributed by atoms with van der Waals surface area (Å²) < 4.78 is 0. The average Bonchev–Trinajstić information content (AvgIpc) is 2.22. The van der Waals surface area contributed by atoms with E-state index in [1.165, 1.54) is 19.3 Å². The Bertz CT molecular complexity index is 256. The van der Waals surface area contributed by atoms with Gasteiger partial charge in [0.15, 0.2) is 0 Å². The molecule has 0 unspecified atom stereocenters. The molecule has 0 bridgehead atoms. The van der Waals surface area contributed by atoms with Gasteiger partial charge in [-0.3, -0.25) is 4.79 Å². The number of hydrogen-bond donors (Lipinski definition) is 0. The standard InChI is InChI=1S/C17H35NO/c1-14(2)10-8-9-11-17(5,6)12-16(19)18(7)13-15(3)4/h14-15H,8-13H2,1-7H3. The van der Waals surface area contributed by atoms with E-state index in [-0.39, 0.29) is 5.41 Å². The maximum absolute atomic E-state index is 12.2. The van der Waals surface area contributed by atoms with E-state index >= 15 is 0 Å². The van der Waals surface area contributed by atoms with E-state index < -0.39 is 0 Å². The minimum atomic E-state index is 0.138. The van der Waals surface area contributed by atoms with Gasteiger partial charge < -0.3 is 4.90 Å². The van der Waals surface area contributed by atoms with Gasteiger partial charge in [0.25, 0.3) is 0 Å². The molecule has 0 rings (SSSR count). The molecule has 0 spiro atoms. The van der Waals surface area contributed by atoms with Gasteiger partial charge in [-0.1, -0.05) is 60.8 Å². The Hall–Kier alpha value is -0.530. The van der Waals surface area contributed by atoms with Crippen LogP contribution in [0.2, 0.25) is 0 Å². The van der Waals surface area contributed by atoms with E-state index in [9.17, 15) is 4.79 Å². The molecule has 0 heterocycles. The first-order chi connectivity index (χ1) is 8.64. The fraction of sp³-hybridized carbons (Fsp3) is 0.941. The van der Waals surface area contributed by atoms with Crippen molar-refractivity contribution in [3.63, 3.8) is 0 Å². The number of hydrogen-bond acceptors (Lipinski definition) is 1. The second kappa shape index (κ2) is 8.60. The first-order valence-electron chi connectivity index (χ1n) is 7.88. The molecule has 0 N–H and O–H groups in total. The van der Waals surface area contributed by atoms with Crippen LogP contribution < -0.4 is 0 Å². The lowest BCUT2D eigenvalue weighted by Gasteiger charge is -2.28. The third-order valence-electron chi connectivity index (χ3n) is 3.58. The van der Waals surface area contributed by atoms with Crippen LogP contribution in [0.3, 0.4) is 0 Å². The summed E-state index contributed by atoms with van der Waals surface area (Å²) in [5, 5.41) is 0. The number of amides is 1. The van der Waals surface area contributed by atoms with Gasteiger partial charge in [-0.05, 0) is 23.7 Å². The van der Waals surface area contributed by atoms with Gasteiger partial charge in [-0.2, -0.15) is 0 Å². The molecule has 19 heavy (non-hydrogen) atoms. The largest absolute Gasteiger partial charge is 0.345 e. The van der Waals surface area contributed by atoms with E-state index in [1.807, 2.05) is 11.9 Å². The number of rotatable bonds is 9. The van der Waals surface area contributed by atoms with Crippen LogP contribution in [0.25, 0.3) is 0 Å². The second-order valence-electron chi connectivity index (χ2n) is 7.65. The van der Waals surface area contributed by atoms with Crippen molar-refractivity contribution >= 4 is 5.91 Å². The van der Waals surface area contributed by atoms with Crippen molar-refractivity contribution in [3.05, 3.63) is 0 Å². The van der Waals surface area contributed by atoms with Crippen molar-refractivity contribution in [1.29, 1.82) is 0 Å². The lowest BCUT2D eigenvalue weighted by atomic mass is 9.83. The predicted octanol–water partition coefficient (Wildman–Crippen LogP) is 4.73. The quantitative estimate of drug-likeness (QED) is 0.554. The highest BCUT2D eigenvalue weighted by Gasteiger charge is 2.23. The first-order valence-corrected chi connectivity index (χ1v) is 7.88. The van der Waals surface area contributed by atoms with Gasteiger partial charge in [0.1, 0.15) is 0 Å². The summed E-state index contributed by atoms with van der Waals surface area (Å²) in [6, 6.07) is 0. The molecule has 0 atom stereocenters. The van der Waals surface area contributed by atoms with E-state index in [4.69, 9.17) is 0 Å². The van der Waals surface area contributed by atoms with Gasteiger partial charge in [-0.15, -0.1) is 0 Å². The maximum Gasteiger partial charge on any atom is 0.222 e. The minimum Gasteiger partial charge on any atom is -0.345 e. The molecule has 0 aliphatic rings. The van der Waals surface area contributed by atoms with Gasteiger partial charge in [0.2, 0.25) is 5.91 Å². The van der Waals surface area contributed by atoms with Crippen molar-refractivity contribution in [2.45, 2.75) is 73.6 Å². The molecule has 2 nitrogen and oxygen atoms in total. The summed E-state index contributed by atoms with van der Waals surface area (Å²) in [6.45, 7) is 14.2. The molecule has 114 valence electrons. The molecule has 0 aliphatic carbocycles. The molecule has 1 amide bonds. The van der Waals surface area contributed by atoms with Crippen molar-refractivity contribution in [3.8, 4) is 0 Å². The lowest BCUT2D eigenvalue weighted by Crippen LogP contribution is -2.33. The van der Waals surface area contributed by atoms with E-state index in [2.05, 4.69) is 41.5 Å². The third-order valence-corrected chi connectivity index (χ3v) is 3.58. The molecular weight excluding hydrogens is 234 g/mol. The molecule has 0 saturated heterocycles. The van der Waals surface area contributed by atoms with Crippen LogP contribution >= 0.6 is 0 Å². The second-order valence-corrected chi connectivity index (χ2v) is 7.65. The Balaban J connectivity index is 4.03. The Morgan fingerprint density at radius 2 is 1.63 bits per heavy atom. The fourth-order valence-electron chi connectivity index (χ4n) is 2.44. The van der Waals surface area contributed by atoms with Gasteiger partial charge in [-0.25, -0.2) is 0 Å². The maximum atomic E-state index is 12.2. The van der Waals surface area contributed by atoms with Crippen molar-refractivity contribution in [2.75, 3.05) is 13.6 Å². The topological polar surface area (TPSA) is 20.3 Å². The molecule has 0 aromatic rings. The fourth-order valence-corrected chi connectivity index (χ4v) is 2.44. The highest BCUT2D eigenvalue weighted by atomic mass is 16.2. The highest BCUT2D eigenvalue weighted by molar-refractivity contribution is 5.76. The Morgan fingerprint density at radius 1 is 1.05 bits per heavy atom. The van der Waals surface area contributed by atoms with Crippen LogP contribution in [0.15, 0.2) is 0 Å². The normalized spacial score (nSPS) is 12.3. The molecule has 0 aromatic heterocycles. The molecule has 2 heteroatoms. The SMILES string of the molecule is CC(C)CCCCC(C)(C)CC(=O)N(C)CC(C)C. The minimum absolute atomic E-state index is 0.138. The van der Waals surface area contributed by atoms with Crippen molar-refractivity contribution in [1.82, 2.24) is 4.90 Å². The van der Waals surface area contributed by atoms with Crippen molar-refractivity contribution < 1.29 is 4.79 Å². The zero-order valence-electron chi connectivity index (χ0n) is 14.3. The number of carbonyl (C=O) groups is 1. The number of nitrogens with zero attached hydrogens (tertiary/aromatic N) is 1. The van der Waals surface area contributed by atoms with Gasteiger partial charge in [0.05, 0.1) is 0 Å². The van der Waals surface area contributed by atoms with Gasteiger partial charge in [0, 0.05) is 20.0 Å². The summed E-state index contributed by atoms with van der Waals surface area (Å²) in [5.74, 6) is 1.63. The summed E-state index contributed by atoms with van der Waals surface area (Å²) in [4.78, 5) is 14.1. The average molecular weight is 269 g/mol. The van der Waals surface area contributed by atoms with Crippen LogP contribution in [-0.2, 0) is 4.79 Å². The van der Waals surface area contributed by atoms with E-state index in [0.29, 0.717) is 18.2 Å². The summed E-state index contributed by atoms with van der Waals surface area (Å²) in [7, 11) is 1.93. The van der Waals surface area contributed by atoms with Gasteiger partial charge >= 0.3 is 0 Å². The molecular formula is C17H35NO. The summed E-state index contributed by atoms with van der Waals surface area (Å²) >= 11 is 0. The Labute approximate surface area is 120 Å². The third kappa shape index (κ3) is 9.98. The Kier molecular flexibility index (Phi) is 8.36. The molecule has 0 aliphatic heterocycles. The van der Waals surface area contributed by atoms with Crippen LogP contribution in [0, 0.1) is 17.3 Å². The highest BCUT2D eigenvalue weighted by Crippen LogP contribution is 2.29. The lowest BCUT2D eigenvalue weighted by molar-refractivity contribution is -0.132. The Morgan fingerprint density at radius 3 is 2.11 bits per heavy atom. The summed E-state index contributed by atoms with van der Waals surface area (Å²) in [5.41, 5.74) is 0.138. The molecule has 0 radical (unpaired) electrons. The van der Waals surface area contributed by atoms with E-state index in [0.717, 1.165) is 18.9 Å². The van der Waals surface area contributed by atoms with Crippen molar-refractivity contribution in [2.24, 2.45) is 17.3 Å². The van der Waals surface area contributed by atoms with Crippen LogP contribution in [-0.4, -0.2) is 24.4 Å². The molecule has 0 fully saturated rings. The predicted molar refractivity (Wildman–Crippen MR) is 84.2 cm³/mol. The zero-order valence-corrected chi connectivity index (χ0v) is 14.3. The van der Waals surface area contributed by atoms with Crippen LogP contribution in [0.1, 0.15) is 73.6 Å². The zero-order chi connectivity index (χ0) is 15.1. The van der Waals surface area contributed by atoms with Crippen LogP contribution in [0.4, 0.5) is 0 Å². The smallest absolute Gasteiger partial charge is 0.222 e. The monoisotopic (exact) mass is 269 g/mol.